The fraction of sp³-hybridized carbons (Fsp3) is 0.923. The van der Waals surface area contributed by atoms with Gasteiger partial charge in [0.1, 0.15) is 6.10 Å². The van der Waals surface area contributed by atoms with Gasteiger partial charge < -0.3 is 10.4 Å². The summed E-state index contributed by atoms with van der Waals surface area (Å²) in [5.41, 5.74) is 0.158. The normalized spacial score (nSPS) is 25.9. The van der Waals surface area contributed by atoms with Crippen molar-refractivity contribution < 1.29 is 9.90 Å². The number of nitrogens with zero attached hydrogens (tertiary/aromatic N) is 1. The van der Waals surface area contributed by atoms with Gasteiger partial charge in [-0.2, -0.15) is 11.8 Å². The predicted molar refractivity (Wildman–Crippen MR) is 74.8 cm³/mol. The number of hydrogen-bond acceptors (Lipinski definition) is 4. The van der Waals surface area contributed by atoms with Crippen LogP contribution in [-0.2, 0) is 4.79 Å². The first-order chi connectivity index (χ1) is 8.64. The molecule has 0 spiro atoms. The molecule has 104 valence electrons. The number of aliphatic hydroxyl groups is 1. The van der Waals surface area contributed by atoms with Gasteiger partial charge >= 0.3 is 0 Å². The molecule has 18 heavy (non-hydrogen) atoms. The molecular formula is C13H24N2O2S. The number of thioether (sulfide) groups is 1. The zero-order chi connectivity index (χ0) is 13.0. The van der Waals surface area contributed by atoms with Crippen LogP contribution >= 0.6 is 11.8 Å². The van der Waals surface area contributed by atoms with Crippen LogP contribution in [-0.4, -0.2) is 58.7 Å². The molecule has 0 radical (unpaired) electrons. The van der Waals surface area contributed by atoms with Gasteiger partial charge in [0.15, 0.2) is 0 Å². The summed E-state index contributed by atoms with van der Waals surface area (Å²) in [6, 6.07) is 0. The maximum atomic E-state index is 11.5. The summed E-state index contributed by atoms with van der Waals surface area (Å²) in [5.74, 6) is 2.16. The van der Waals surface area contributed by atoms with Crippen LogP contribution in [0.1, 0.15) is 32.6 Å². The Morgan fingerprint density at radius 2 is 2.00 bits per heavy atom. The molecule has 2 fully saturated rings. The molecule has 4 nitrogen and oxygen atoms in total. The van der Waals surface area contributed by atoms with Crippen molar-refractivity contribution in [1.82, 2.24) is 10.2 Å². The molecule has 0 aromatic heterocycles. The molecule has 2 aliphatic rings. The van der Waals surface area contributed by atoms with Crippen molar-refractivity contribution in [2.75, 3.05) is 31.1 Å². The second kappa shape index (κ2) is 6.26. The van der Waals surface area contributed by atoms with Crippen LogP contribution in [0.5, 0.6) is 0 Å². The molecule has 1 unspecified atom stereocenters. The summed E-state index contributed by atoms with van der Waals surface area (Å²) in [4.78, 5) is 14.1. The third kappa shape index (κ3) is 3.19. The van der Waals surface area contributed by atoms with Gasteiger partial charge in [0.2, 0.25) is 5.91 Å². The fourth-order valence-electron chi connectivity index (χ4n) is 3.07. The average molecular weight is 272 g/mol. The Hall–Kier alpha value is -0.260. The molecule has 1 atom stereocenters. The van der Waals surface area contributed by atoms with Crippen LogP contribution in [0.3, 0.4) is 0 Å². The molecule has 2 rings (SSSR count). The molecule has 1 amide bonds. The van der Waals surface area contributed by atoms with E-state index >= 15 is 0 Å². The molecule has 0 bridgehead atoms. The summed E-state index contributed by atoms with van der Waals surface area (Å²) in [5, 5.41) is 12.2. The van der Waals surface area contributed by atoms with Gasteiger partial charge in [0, 0.05) is 36.7 Å². The third-order valence-corrected chi connectivity index (χ3v) is 5.13. The Morgan fingerprint density at radius 1 is 1.39 bits per heavy atom. The zero-order valence-electron chi connectivity index (χ0n) is 11.2. The topological polar surface area (TPSA) is 52.6 Å². The van der Waals surface area contributed by atoms with E-state index in [9.17, 15) is 9.90 Å². The van der Waals surface area contributed by atoms with Crippen molar-refractivity contribution in [2.45, 2.75) is 44.2 Å². The van der Waals surface area contributed by atoms with Gasteiger partial charge in [0.25, 0.3) is 0 Å². The number of aliphatic hydroxyl groups excluding tert-OH is 1. The lowest BCUT2D eigenvalue weighted by atomic mass is 9.94. The Kier molecular flexibility index (Phi) is 4.92. The smallest absolute Gasteiger partial charge is 0.248 e. The van der Waals surface area contributed by atoms with Gasteiger partial charge in [-0.3, -0.25) is 9.69 Å². The van der Waals surface area contributed by atoms with Crippen LogP contribution in [0.4, 0.5) is 0 Å². The second-order valence-corrected chi connectivity index (χ2v) is 6.65. The third-order valence-electron chi connectivity index (χ3n) is 4.19. The van der Waals surface area contributed by atoms with E-state index in [1.54, 1.807) is 0 Å². The van der Waals surface area contributed by atoms with E-state index in [1.165, 1.54) is 44.1 Å². The first-order valence-electron chi connectivity index (χ1n) is 6.93. The number of hydrogen-bond donors (Lipinski definition) is 2. The molecule has 1 saturated heterocycles. The minimum Gasteiger partial charge on any atom is -0.384 e. The van der Waals surface area contributed by atoms with E-state index in [0.29, 0.717) is 6.54 Å². The lowest BCUT2D eigenvalue weighted by Crippen LogP contribution is -2.57. The number of nitrogens with one attached hydrogen (secondary N) is 1. The summed E-state index contributed by atoms with van der Waals surface area (Å²) in [6.07, 6.45) is 3.97. The summed E-state index contributed by atoms with van der Waals surface area (Å²) < 4.78 is 0. The Bertz CT molecular complexity index is 285. The summed E-state index contributed by atoms with van der Waals surface area (Å²) >= 11 is 2.02. The Labute approximate surface area is 113 Å². The minimum absolute atomic E-state index is 0.158. The van der Waals surface area contributed by atoms with Crippen molar-refractivity contribution in [3.8, 4) is 0 Å². The monoisotopic (exact) mass is 272 g/mol. The van der Waals surface area contributed by atoms with E-state index in [4.69, 9.17) is 0 Å². The SMILES string of the molecule is CC(O)C(=O)NCC1(N2CCSCC2)CCCC1. The highest BCUT2D eigenvalue weighted by Crippen LogP contribution is 2.36. The second-order valence-electron chi connectivity index (χ2n) is 5.42. The van der Waals surface area contributed by atoms with Gasteiger partial charge in [-0.25, -0.2) is 0 Å². The van der Waals surface area contributed by atoms with Crippen LogP contribution in [0.15, 0.2) is 0 Å². The van der Waals surface area contributed by atoms with Gasteiger partial charge in [-0.1, -0.05) is 12.8 Å². The standard InChI is InChI=1S/C13H24N2O2S/c1-11(16)12(17)14-10-13(4-2-3-5-13)15-6-8-18-9-7-15/h11,16H,2-10H2,1H3,(H,14,17). The van der Waals surface area contributed by atoms with Crippen molar-refractivity contribution in [3.05, 3.63) is 0 Å². The number of rotatable bonds is 4. The predicted octanol–water partition coefficient (Wildman–Crippen LogP) is 0.845. The van der Waals surface area contributed by atoms with Crippen LogP contribution < -0.4 is 5.32 Å². The molecule has 5 heteroatoms. The maximum absolute atomic E-state index is 11.5. The first kappa shape index (κ1) is 14.2. The quantitative estimate of drug-likeness (QED) is 0.796. The highest BCUT2D eigenvalue weighted by Gasteiger charge is 2.40. The first-order valence-corrected chi connectivity index (χ1v) is 8.08. The average Bonchev–Trinajstić information content (AvgIpc) is 2.87. The van der Waals surface area contributed by atoms with E-state index < -0.39 is 6.10 Å². The fourth-order valence-corrected chi connectivity index (χ4v) is 3.98. The van der Waals surface area contributed by atoms with E-state index in [0.717, 1.165) is 13.1 Å². The molecular weight excluding hydrogens is 248 g/mol. The minimum atomic E-state index is -0.902. The number of carbonyl (C=O) groups excluding carboxylic acids is 1. The highest BCUT2D eigenvalue weighted by molar-refractivity contribution is 7.99. The van der Waals surface area contributed by atoms with E-state index in [2.05, 4.69) is 10.2 Å². The molecule has 0 aromatic carbocycles. The van der Waals surface area contributed by atoms with E-state index in [-0.39, 0.29) is 11.4 Å². The zero-order valence-corrected chi connectivity index (χ0v) is 12.0. The number of carbonyl (C=O) groups is 1. The van der Waals surface area contributed by atoms with Gasteiger partial charge in [-0.15, -0.1) is 0 Å². The van der Waals surface area contributed by atoms with Crippen LogP contribution in [0.25, 0.3) is 0 Å². The molecule has 1 heterocycles. The van der Waals surface area contributed by atoms with Crippen LogP contribution in [0, 0.1) is 0 Å². The maximum Gasteiger partial charge on any atom is 0.248 e. The van der Waals surface area contributed by atoms with Crippen molar-refractivity contribution in [1.29, 1.82) is 0 Å². The van der Waals surface area contributed by atoms with E-state index in [1.807, 2.05) is 11.8 Å². The largest absolute Gasteiger partial charge is 0.384 e. The lowest BCUT2D eigenvalue weighted by molar-refractivity contribution is -0.129. The highest BCUT2D eigenvalue weighted by atomic mass is 32.2. The Balaban J connectivity index is 1.95. The summed E-state index contributed by atoms with van der Waals surface area (Å²) in [6.45, 7) is 4.49. The van der Waals surface area contributed by atoms with Gasteiger partial charge in [-0.05, 0) is 19.8 Å². The molecule has 0 aromatic rings. The lowest BCUT2D eigenvalue weighted by Gasteiger charge is -2.43. The Morgan fingerprint density at radius 3 is 2.56 bits per heavy atom. The molecule has 1 aliphatic heterocycles. The molecule has 1 aliphatic carbocycles. The summed E-state index contributed by atoms with van der Waals surface area (Å²) in [7, 11) is 0. The van der Waals surface area contributed by atoms with Crippen molar-refractivity contribution in [3.63, 3.8) is 0 Å². The molecule has 2 N–H and O–H groups in total. The van der Waals surface area contributed by atoms with Crippen molar-refractivity contribution >= 4 is 17.7 Å². The van der Waals surface area contributed by atoms with Crippen LogP contribution in [0.2, 0.25) is 0 Å². The van der Waals surface area contributed by atoms with Crippen molar-refractivity contribution in [2.24, 2.45) is 0 Å². The molecule has 1 saturated carbocycles. The van der Waals surface area contributed by atoms with Gasteiger partial charge in [0.05, 0.1) is 0 Å². The number of amides is 1.